The molecule has 3 nitrogen and oxygen atoms in total. The molecule has 0 aliphatic carbocycles. The molecule has 0 saturated heterocycles. The Morgan fingerprint density at radius 2 is 1.89 bits per heavy atom. The van der Waals surface area contributed by atoms with Crippen LogP contribution in [0.2, 0.25) is 0 Å². The van der Waals surface area contributed by atoms with Gasteiger partial charge in [-0.2, -0.15) is 0 Å². The molecule has 3 heteroatoms. The highest BCUT2D eigenvalue weighted by Gasteiger charge is 2.19. The number of rotatable bonds is 7. The van der Waals surface area contributed by atoms with E-state index < -0.39 is 0 Å². The van der Waals surface area contributed by atoms with Crippen LogP contribution in [0.25, 0.3) is 0 Å². The lowest BCUT2D eigenvalue weighted by molar-refractivity contribution is -0.143. The zero-order valence-corrected chi connectivity index (χ0v) is 12.4. The van der Waals surface area contributed by atoms with Crippen molar-refractivity contribution >= 4 is 5.97 Å². The minimum Gasteiger partial charge on any atom is -0.468 e. The summed E-state index contributed by atoms with van der Waals surface area (Å²) in [6, 6.07) is 8.09. The zero-order valence-electron chi connectivity index (χ0n) is 12.4. The van der Waals surface area contributed by atoms with Gasteiger partial charge in [-0.15, -0.1) is 0 Å². The van der Waals surface area contributed by atoms with Gasteiger partial charge < -0.3 is 10.1 Å². The minimum atomic E-state index is -0.227. The van der Waals surface area contributed by atoms with Gasteiger partial charge in [-0.1, -0.05) is 45.0 Å². The maximum absolute atomic E-state index is 11.7. The quantitative estimate of drug-likeness (QED) is 0.769. The van der Waals surface area contributed by atoms with Crippen molar-refractivity contribution in [2.75, 3.05) is 7.11 Å². The first-order valence-corrected chi connectivity index (χ1v) is 6.96. The van der Waals surface area contributed by atoms with Crippen LogP contribution in [0.3, 0.4) is 0 Å². The van der Waals surface area contributed by atoms with Gasteiger partial charge in [-0.25, -0.2) is 0 Å². The second-order valence-electron chi connectivity index (χ2n) is 5.21. The predicted molar refractivity (Wildman–Crippen MR) is 77.9 cm³/mol. The molecule has 0 heterocycles. The maximum Gasteiger partial charge on any atom is 0.322 e. The van der Waals surface area contributed by atoms with Crippen molar-refractivity contribution in [3.63, 3.8) is 0 Å². The van der Waals surface area contributed by atoms with E-state index in [0.29, 0.717) is 12.5 Å². The number of hydrogen-bond acceptors (Lipinski definition) is 3. The number of hydrogen-bond donors (Lipinski definition) is 1. The number of benzene rings is 1. The highest BCUT2D eigenvalue weighted by atomic mass is 16.5. The second kappa shape index (κ2) is 7.95. The summed E-state index contributed by atoms with van der Waals surface area (Å²) in [7, 11) is 1.44. The van der Waals surface area contributed by atoms with Gasteiger partial charge in [0.25, 0.3) is 0 Å². The first-order valence-electron chi connectivity index (χ1n) is 6.96. The van der Waals surface area contributed by atoms with Gasteiger partial charge in [-0.3, -0.25) is 4.79 Å². The standard InChI is InChI=1S/C16H25NO2/c1-5-13-8-6-7-9-14(13)11-17-15(10-12(2)3)16(18)19-4/h6-9,12,15,17H,5,10-11H2,1-4H3. The number of carbonyl (C=O) groups is 1. The van der Waals surface area contributed by atoms with Crippen molar-refractivity contribution in [1.29, 1.82) is 0 Å². The average molecular weight is 263 g/mol. The number of nitrogens with one attached hydrogen (secondary N) is 1. The number of carbonyl (C=O) groups excluding carboxylic acids is 1. The number of methoxy groups -OCH3 is 1. The zero-order chi connectivity index (χ0) is 14.3. The van der Waals surface area contributed by atoms with Gasteiger partial charge in [0, 0.05) is 6.54 Å². The smallest absolute Gasteiger partial charge is 0.322 e. The van der Waals surface area contributed by atoms with Gasteiger partial charge >= 0.3 is 5.97 Å². The Bertz CT molecular complexity index is 401. The fraction of sp³-hybridized carbons (Fsp3) is 0.562. The molecule has 1 unspecified atom stereocenters. The Labute approximate surface area is 116 Å². The van der Waals surface area contributed by atoms with E-state index >= 15 is 0 Å². The van der Waals surface area contributed by atoms with Crippen molar-refractivity contribution in [3.05, 3.63) is 35.4 Å². The molecule has 1 aromatic rings. The van der Waals surface area contributed by atoms with Crippen LogP contribution in [0.4, 0.5) is 0 Å². The van der Waals surface area contributed by atoms with Gasteiger partial charge in [0.2, 0.25) is 0 Å². The van der Waals surface area contributed by atoms with Crippen molar-refractivity contribution in [2.45, 2.75) is 46.2 Å². The molecular weight excluding hydrogens is 238 g/mol. The molecule has 19 heavy (non-hydrogen) atoms. The lowest BCUT2D eigenvalue weighted by Crippen LogP contribution is -2.38. The lowest BCUT2D eigenvalue weighted by atomic mass is 10.0. The summed E-state index contributed by atoms with van der Waals surface area (Å²) in [5.74, 6) is 0.278. The molecule has 0 saturated carbocycles. The maximum atomic E-state index is 11.7. The fourth-order valence-electron chi connectivity index (χ4n) is 2.18. The van der Waals surface area contributed by atoms with Crippen LogP contribution < -0.4 is 5.32 Å². The van der Waals surface area contributed by atoms with Gasteiger partial charge in [0.15, 0.2) is 0 Å². The van der Waals surface area contributed by atoms with E-state index in [-0.39, 0.29) is 12.0 Å². The van der Waals surface area contributed by atoms with E-state index in [4.69, 9.17) is 4.74 Å². The number of ether oxygens (including phenoxy) is 1. The van der Waals surface area contributed by atoms with Gasteiger partial charge in [0.1, 0.15) is 6.04 Å². The molecular formula is C16H25NO2. The molecule has 0 radical (unpaired) electrons. The molecule has 0 aliphatic rings. The van der Waals surface area contributed by atoms with E-state index in [0.717, 1.165) is 12.8 Å². The van der Waals surface area contributed by atoms with Crippen LogP contribution in [0.5, 0.6) is 0 Å². The van der Waals surface area contributed by atoms with Crippen molar-refractivity contribution in [3.8, 4) is 0 Å². The summed E-state index contributed by atoms with van der Waals surface area (Å²) in [4.78, 5) is 11.7. The highest BCUT2D eigenvalue weighted by molar-refractivity contribution is 5.75. The van der Waals surface area contributed by atoms with Gasteiger partial charge in [-0.05, 0) is 29.9 Å². The van der Waals surface area contributed by atoms with Gasteiger partial charge in [0.05, 0.1) is 7.11 Å². The third-order valence-electron chi connectivity index (χ3n) is 3.23. The van der Waals surface area contributed by atoms with Crippen molar-refractivity contribution in [1.82, 2.24) is 5.32 Å². The Hall–Kier alpha value is -1.35. The number of aryl methyl sites for hydroxylation is 1. The lowest BCUT2D eigenvalue weighted by Gasteiger charge is -2.19. The largest absolute Gasteiger partial charge is 0.468 e. The predicted octanol–water partition coefficient (Wildman–Crippen LogP) is 2.93. The Kier molecular flexibility index (Phi) is 6.57. The molecule has 0 fully saturated rings. The number of esters is 1. The molecule has 0 amide bonds. The molecule has 1 N–H and O–H groups in total. The monoisotopic (exact) mass is 263 g/mol. The van der Waals surface area contributed by atoms with Crippen LogP contribution >= 0.6 is 0 Å². The summed E-state index contributed by atoms with van der Waals surface area (Å²) in [6.45, 7) is 7.07. The van der Waals surface area contributed by atoms with Crippen LogP contribution in [0.1, 0.15) is 38.3 Å². The molecule has 106 valence electrons. The van der Waals surface area contributed by atoms with E-state index in [1.54, 1.807) is 0 Å². The molecule has 0 spiro atoms. The van der Waals surface area contributed by atoms with Crippen molar-refractivity contribution in [2.24, 2.45) is 5.92 Å². The van der Waals surface area contributed by atoms with Crippen LogP contribution in [-0.4, -0.2) is 19.1 Å². The Morgan fingerprint density at radius 1 is 1.26 bits per heavy atom. The highest BCUT2D eigenvalue weighted by Crippen LogP contribution is 2.11. The third kappa shape index (κ3) is 5.03. The average Bonchev–Trinajstić information content (AvgIpc) is 2.42. The summed E-state index contributed by atoms with van der Waals surface area (Å²) >= 11 is 0. The van der Waals surface area contributed by atoms with Crippen LogP contribution in [-0.2, 0) is 22.5 Å². The first kappa shape index (κ1) is 15.7. The molecule has 0 bridgehead atoms. The van der Waals surface area contributed by atoms with E-state index in [2.05, 4.69) is 38.2 Å². The summed E-state index contributed by atoms with van der Waals surface area (Å²) in [5.41, 5.74) is 2.57. The van der Waals surface area contributed by atoms with Crippen molar-refractivity contribution < 1.29 is 9.53 Å². The Morgan fingerprint density at radius 3 is 2.42 bits per heavy atom. The van der Waals surface area contributed by atoms with E-state index in [9.17, 15) is 4.79 Å². The van der Waals surface area contributed by atoms with E-state index in [1.165, 1.54) is 18.2 Å². The molecule has 1 atom stereocenters. The summed E-state index contributed by atoms with van der Waals surface area (Å²) in [6.07, 6.45) is 1.80. The SMILES string of the molecule is CCc1ccccc1CNC(CC(C)C)C(=O)OC. The summed E-state index contributed by atoms with van der Waals surface area (Å²) < 4.78 is 4.86. The van der Waals surface area contributed by atoms with Crippen LogP contribution in [0.15, 0.2) is 24.3 Å². The van der Waals surface area contributed by atoms with Crippen LogP contribution in [0, 0.1) is 5.92 Å². The molecule has 0 aliphatic heterocycles. The third-order valence-corrected chi connectivity index (χ3v) is 3.23. The summed E-state index contributed by atoms with van der Waals surface area (Å²) in [5, 5.41) is 3.32. The normalized spacial score (nSPS) is 12.5. The topological polar surface area (TPSA) is 38.3 Å². The molecule has 1 rings (SSSR count). The second-order valence-corrected chi connectivity index (χ2v) is 5.21. The Balaban J connectivity index is 2.67. The fourth-order valence-corrected chi connectivity index (χ4v) is 2.18. The molecule has 0 aromatic heterocycles. The first-order chi connectivity index (χ1) is 9.08. The molecule has 1 aromatic carbocycles. The van der Waals surface area contributed by atoms with E-state index in [1.807, 2.05) is 12.1 Å². The minimum absolute atomic E-state index is 0.178.